The predicted octanol–water partition coefficient (Wildman–Crippen LogP) is 2.58. The van der Waals surface area contributed by atoms with E-state index in [1.165, 1.54) is 40.7 Å². The van der Waals surface area contributed by atoms with Crippen LogP contribution in [0.5, 0.6) is 0 Å². The van der Waals surface area contributed by atoms with Crippen molar-refractivity contribution in [2.24, 2.45) is 0 Å². The quantitative estimate of drug-likeness (QED) is 0.883. The van der Waals surface area contributed by atoms with E-state index in [2.05, 4.69) is 22.4 Å². The lowest BCUT2D eigenvalue weighted by atomic mass is 9.90. The molecule has 3 rings (SSSR count). The first-order chi connectivity index (χ1) is 11.1. The highest BCUT2D eigenvalue weighted by Gasteiger charge is 2.12. The molecule has 5 nitrogen and oxygen atoms in total. The van der Waals surface area contributed by atoms with Crippen LogP contribution in [0.3, 0.4) is 0 Å². The number of carbonyl (C=O) groups is 2. The van der Waals surface area contributed by atoms with E-state index in [0.717, 1.165) is 18.4 Å². The molecule has 23 heavy (non-hydrogen) atoms. The first-order valence-corrected chi connectivity index (χ1v) is 8.55. The molecule has 1 amide bonds. The molecule has 2 N–H and O–H groups in total. The maximum absolute atomic E-state index is 12.0. The Labute approximate surface area is 138 Å². The average Bonchev–Trinajstić information content (AvgIpc) is 3.02. The summed E-state index contributed by atoms with van der Waals surface area (Å²) in [6.45, 7) is 0.266. The third-order valence-corrected chi connectivity index (χ3v) is 4.83. The van der Waals surface area contributed by atoms with Gasteiger partial charge >= 0.3 is 5.97 Å². The minimum atomic E-state index is -1.05. The third kappa shape index (κ3) is 3.96. The molecule has 120 valence electrons. The second-order valence-corrected chi connectivity index (χ2v) is 6.64. The molecule has 2 aromatic rings. The van der Waals surface area contributed by atoms with Crippen LogP contribution < -0.4 is 5.32 Å². The second-order valence-electron chi connectivity index (χ2n) is 5.70. The Hall–Kier alpha value is -2.21. The number of hydrogen-bond acceptors (Lipinski definition) is 4. The summed E-state index contributed by atoms with van der Waals surface area (Å²) in [7, 11) is 0. The number of nitrogens with zero attached hydrogens (tertiary/aromatic N) is 1. The first kappa shape index (κ1) is 15.7. The Morgan fingerprint density at radius 1 is 1.22 bits per heavy atom. The average molecular weight is 330 g/mol. The molecule has 1 aromatic heterocycles. The Bertz CT molecular complexity index is 739. The Morgan fingerprint density at radius 3 is 2.74 bits per heavy atom. The molecule has 0 fully saturated rings. The summed E-state index contributed by atoms with van der Waals surface area (Å²) in [4.78, 5) is 26.8. The van der Waals surface area contributed by atoms with Crippen molar-refractivity contribution < 1.29 is 14.7 Å². The zero-order valence-corrected chi connectivity index (χ0v) is 13.5. The van der Waals surface area contributed by atoms with Gasteiger partial charge in [0, 0.05) is 5.38 Å². The lowest BCUT2D eigenvalue weighted by Gasteiger charge is -2.16. The standard InChI is InChI=1S/C17H18N2O3S/c20-15(18-9-16-19-14(10-23-16)17(21)22)8-11-5-6-12-3-1-2-4-13(12)7-11/h5-7,10H,1-4,8-9H2,(H,18,20)(H,21,22). The Balaban J connectivity index is 1.55. The third-order valence-electron chi connectivity index (χ3n) is 3.99. The Morgan fingerprint density at radius 2 is 2.00 bits per heavy atom. The monoisotopic (exact) mass is 330 g/mol. The number of thiazole rings is 1. The number of fused-ring (bicyclic) bond motifs is 1. The van der Waals surface area contributed by atoms with E-state index in [-0.39, 0.29) is 18.1 Å². The van der Waals surface area contributed by atoms with Gasteiger partial charge in [0.15, 0.2) is 5.69 Å². The molecule has 6 heteroatoms. The number of benzene rings is 1. The number of amides is 1. The number of aromatic nitrogens is 1. The van der Waals surface area contributed by atoms with Crippen molar-refractivity contribution in [1.82, 2.24) is 10.3 Å². The zero-order valence-electron chi connectivity index (χ0n) is 12.7. The van der Waals surface area contributed by atoms with Gasteiger partial charge < -0.3 is 10.4 Å². The van der Waals surface area contributed by atoms with Crippen molar-refractivity contribution >= 4 is 23.2 Å². The number of carboxylic acid groups (broad SMARTS) is 1. The number of nitrogens with one attached hydrogen (secondary N) is 1. The van der Waals surface area contributed by atoms with Crippen LogP contribution in [0.25, 0.3) is 0 Å². The molecule has 1 aliphatic carbocycles. The van der Waals surface area contributed by atoms with Gasteiger partial charge in [0.25, 0.3) is 0 Å². The van der Waals surface area contributed by atoms with E-state index in [1.807, 2.05) is 6.07 Å². The maximum Gasteiger partial charge on any atom is 0.355 e. The van der Waals surface area contributed by atoms with Crippen LogP contribution >= 0.6 is 11.3 Å². The fourth-order valence-electron chi connectivity index (χ4n) is 2.81. The molecule has 0 unspecified atom stereocenters. The van der Waals surface area contributed by atoms with E-state index in [0.29, 0.717) is 11.4 Å². The van der Waals surface area contributed by atoms with Crippen LogP contribution in [-0.4, -0.2) is 22.0 Å². The fourth-order valence-corrected chi connectivity index (χ4v) is 3.52. The molecule has 1 aliphatic rings. The predicted molar refractivity (Wildman–Crippen MR) is 87.7 cm³/mol. The van der Waals surface area contributed by atoms with Gasteiger partial charge in [0.2, 0.25) is 5.91 Å². The highest BCUT2D eigenvalue weighted by atomic mass is 32.1. The van der Waals surface area contributed by atoms with Gasteiger partial charge in [0.05, 0.1) is 13.0 Å². The van der Waals surface area contributed by atoms with Gasteiger partial charge in [0.1, 0.15) is 5.01 Å². The van der Waals surface area contributed by atoms with Crippen LogP contribution in [0.4, 0.5) is 0 Å². The highest BCUT2D eigenvalue weighted by molar-refractivity contribution is 7.09. The summed E-state index contributed by atoms with van der Waals surface area (Å²) in [5.74, 6) is -1.12. The number of aromatic carboxylic acids is 1. The minimum absolute atomic E-state index is 0.0222. The number of carboxylic acids is 1. The number of hydrogen-bond donors (Lipinski definition) is 2. The van der Waals surface area contributed by atoms with Crippen molar-refractivity contribution in [2.75, 3.05) is 0 Å². The van der Waals surface area contributed by atoms with Crippen molar-refractivity contribution in [3.63, 3.8) is 0 Å². The fraction of sp³-hybridized carbons (Fsp3) is 0.353. The van der Waals surface area contributed by atoms with Crippen LogP contribution in [0.2, 0.25) is 0 Å². The Kier molecular flexibility index (Phi) is 4.71. The molecule has 1 aromatic carbocycles. The van der Waals surface area contributed by atoms with E-state index in [1.54, 1.807) is 0 Å². The SMILES string of the molecule is O=C(Cc1ccc2c(c1)CCCC2)NCc1nc(C(=O)O)cs1. The van der Waals surface area contributed by atoms with Crippen molar-refractivity contribution in [3.05, 3.63) is 51.0 Å². The highest BCUT2D eigenvalue weighted by Crippen LogP contribution is 2.22. The minimum Gasteiger partial charge on any atom is -0.476 e. The summed E-state index contributed by atoms with van der Waals surface area (Å²) in [5.41, 5.74) is 3.82. The zero-order chi connectivity index (χ0) is 16.2. The van der Waals surface area contributed by atoms with Crippen LogP contribution in [0, 0.1) is 0 Å². The van der Waals surface area contributed by atoms with E-state index >= 15 is 0 Å². The van der Waals surface area contributed by atoms with Gasteiger partial charge in [-0.2, -0.15) is 0 Å². The largest absolute Gasteiger partial charge is 0.476 e. The van der Waals surface area contributed by atoms with Crippen molar-refractivity contribution in [3.8, 4) is 0 Å². The molecule has 0 aliphatic heterocycles. The number of aryl methyl sites for hydroxylation is 2. The lowest BCUT2D eigenvalue weighted by Crippen LogP contribution is -2.24. The smallest absolute Gasteiger partial charge is 0.355 e. The molecule has 0 saturated carbocycles. The van der Waals surface area contributed by atoms with Gasteiger partial charge in [-0.05, 0) is 42.4 Å². The van der Waals surface area contributed by atoms with E-state index in [9.17, 15) is 9.59 Å². The topological polar surface area (TPSA) is 79.3 Å². The molecule has 0 atom stereocenters. The summed E-state index contributed by atoms with van der Waals surface area (Å²) >= 11 is 1.24. The lowest BCUT2D eigenvalue weighted by molar-refractivity contribution is -0.120. The summed E-state index contributed by atoms with van der Waals surface area (Å²) in [6.07, 6.45) is 5.04. The van der Waals surface area contributed by atoms with Gasteiger partial charge in [-0.3, -0.25) is 4.79 Å². The first-order valence-electron chi connectivity index (χ1n) is 7.67. The molecule has 0 bridgehead atoms. The van der Waals surface area contributed by atoms with Crippen LogP contribution in [-0.2, 0) is 30.6 Å². The molecule has 0 spiro atoms. The number of rotatable bonds is 5. The van der Waals surface area contributed by atoms with Crippen molar-refractivity contribution in [1.29, 1.82) is 0 Å². The molecular formula is C17H18N2O3S. The van der Waals surface area contributed by atoms with Crippen LogP contribution in [0.15, 0.2) is 23.6 Å². The maximum atomic E-state index is 12.0. The van der Waals surface area contributed by atoms with Crippen molar-refractivity contribution in [2.45, 2.75) is 38.6 Å². The summed E-state index contributed by atoms with van der Waals surface area (Å²) in [6, 6.07) is 6.30. The van der Waals surface area contributed by atoms with Gasteiger partial charge in [-0.1, -0.05) is 18.2 Å². The van der Waals surface area contributed by atoms with E-state index in [4.69, 9.17) is 5.11 Å². The normalized spacial score (nSPS) is 13.4. The van der Waals surface area contributed by atoms with Crippen LogP contribution in [0.1, 0.15) is 45.0 Å². The number of carbonyl (C=O) groups excluding carboxylic acids is 1. The molecular weight excluding hydrogens is 312 g/mol. The summed E-state index contributed by atoms with van der Waals surface area (Å²) in [5, 5.41) is 13.7. The molecule has 0 saturated heterocycles. The van der Waals surface area contributed by atoms with Gasteiger partial charge in [-0.25, -0.2) is 9.78 Å². The van der Waals surface area contributed by atoms with Gasteiger partial charge in [-0.15, -0.1) is 11.3 Å². The summed E-state index contributed by atoms with van der Waals surface area (Å²) < 4.78 is 0. The molecule has 1 heterocycles. The molecule has 0 radical (unpaired) electrons. The second kappa shape index (κ2) is 6.91. The van der Waals surface area contributed by atoms with E-state index < -0.39 is 5.97 Å².